The summed E-state index contributed by atoms with van der Waals surface area (Å²) in [6.07, 6.45) is -3.97. The summed E-state index contributed by atoms with van der Waals surface area (Å²) in [6.45, 7) is 2.91. The highest BCUT2D eigenvalue weighted by atomic mass is 19.4. The Bertz CT molecular complexity index is 523. The smallest absolute Gasteiger partial charge is 0.428 e. The van der Waals surface area contributed by atoms with Crippen LogP contribution in [0.3, 0.4) is 0 Å². The van der Waals surface area contributed by atoms with Gasteiger partial charge in [-0.1, -0.05) is 43.3 Å². The Morgan fingerprint density at radius 1 is 1.23 bits per heavy atom. The van der Waals surface area contributed by atoms with E-state index in [-0.39, 0.29) is 12.2 Å². The van der Waals surface area contributed by atoms with E-state index < -0.39 is 24.2 Å². The number of halogens is 3. The monoisotopic (exact) mass is 316 g/mol. The van der Waals surface area contributed by atoms with Crippen molar-refractivity contribution >= 4 is 11.5 Å². The van der Waals surface area contributed by atoms with Crippen LogP contribution < -0.4 is 0 Å². The highest BCUT2D eigenvalue weighted by molar-refractivity contribution is 5.84. The first-order valence-corrected chi connectivity index (χ1v) is 6.97. The molecule has 1 aromatic carbocycles. The molecule has 0 spiro atoms. The number of hydrogen-bond acceptors (Lipinski definition) is 3. The number of alkyl halides is 3. The van der Waals surface area contributed by atoms with Gasteiger partial charge in [0.2, 0.25) is 0 Å². The first kappa shape index (κ1) is 18.2. The average Bonchev–Trinajstić information content (AvgIpc) is 2.46. The Kier molecular flexibility index (Phi) is 6.17. The van der Waals surface area contributed by atoms with E-state index in [0.29, 0.717) is 12.0 Å². The fraction of sp³-hybridized carbons (Fsp3) is 0.438. The maximum Gasteiger partial charge on any atom is 0.428 e. The van der Waals surface area contributed by atoms with Crippen molar-refractivity contribution in [1.82, 2.24) is 0 Å². The van der Waals surface area contributed by atoms with E-state index in [1.165, 1.54) is 6.92 Å². The van der Waals surface area contributed by atoms with Crippen molar-refractivity contribution in [1.29, 1.82) is 0 Å². The van der Waals surface area contributed by atoms with Gasteiger partial charge in [0.1, 0.15) is 0 Å². The molecule has 0 radical (unpaired) electrons. The lowest BCUT2D eigenvalue weighted by Crippen LogP contribution is -2.53. The molecule has 0 aliphatic heterocycles. The molecule has 0 fully saturated rings. The molecule has 1 atom stereocenters. The van der Waals surface area contributed by atoms with Gasteiger partial charge in [0.15, 0.2) is 0 Å². The van der Waals surface area contributed by atoms with Crippen LogP contribution in [0.2, 0.25) is 0 Å². The predicted octanol–water partition coefficient (Wildman–Crippen LogP) is 3.73. The van der Waals surface area contributed by atoms with E-state index in [4.69, 9.17) is 0 Å². The van der Waals surface area contributed by atoms with Crippen LogP contribution in [0.15, 0.2) is 36.4 Å². The van der Waals surface area contributed by atoms with E-state index in [9.17, 15) is 23.1 Å². The molecule has 1 unspecified atom stereocenters. The van der Waals surface area contributed by atoms with Crippen molar-refractivity contribution in [2.45, 2.75) is 38.5 Å². The molecule has 0 heterocycles. The van der Waals surface area contributed by atoms with Gasteiger partial charge in [0.05, 0.1) is 6.61 Å². The molecule has 0 aliphatic carbocycles. The summed E-state index contributed by atoms with van der Waals surface area (Å²) < 4.78 is 44.1. The molecule has 0 aliphatic rings. The molecule has 0 aromatic heterocycles. The van der Waals surface area contributed by atoms with Crippen LogP contribution in [0.25, 0.3) is 5.57 Å². The number of rotatable bonds is 6. The second-order valence-corrected chi connectivity index (χ2v) is 4.76. The third-order valence-corrected chi connectivity index (χ3v) is 3.12. The van der Waals surface area contributed by atoms with Crippen LogP contribution in [0, 0.1) is 0 Å². The first-order chi connectivity index (χ1) is 10.3. The minimum atomic E-state index is -5.12. The van der Waals surface area contributed by atoms with Crippen LogP contribution in [-0.4, -0.2) is 29.5 Å². The van der Waals surface area contributed by atoms with Gasteiger partial charge in [-0.05, 0) is 24.5 Å². The molecule has 122 valence electrons. The lowest BCUT2D eigenvalue weighted by Gasteiger charge is -2.29. The van der Waals surface area contributed by atoms with Crippen molar-refractivity contribution in [3.8, 4) is 0 Å². The number of carbonyl (C=O) groups excluding carboxylic acids is 1. The van der Waals surface area contributed by atoms with Gasteiger partial charge < -0.3 is 9.84 Å². The maximum absolute atomic E-state index is 13.2. The predicted molar refractivity (Wildman–Crippen MR) is 77.0 cm³/mol. The van der Waals surface area contributed by atoms with Crippen molar-refractivity contribution in [2.75, 3.05) is 6.61 Å². The quantitative estimate of drug-likeness (QED) is 0.814. The second kappa shape index (κ2) is 7.45. The summed E-state index contributed by atoms with van der Waals surface area (Å²) in [5, 5.41) is 9.97. The highest BCUT2D eigenvalue weighted by Gasteiger charge is 2.60. The summed E-state index contributed by atoms with van der Waals surface area (Å²) in [7, 11) is 0. The summed E-state index contributed by atoms with van der Waals surface area (Å²) >= 11 is 0. The SMILES string of the molecule is CC/C=C(/CC(O)(C(=O)OCC)C(F)(F)F)c1ccccc1. The molecule has 3 nitrogen and oxygen atoms in total. The Hall–Kier alpha value is -1.82. The fourth-order valence-electron chi connectivity index (χ4n) is 2.00. The Morgan fingerprint density at radius 2 is 1.82 bits per heavy atom. The Labute approximate surface area is 127 Å². The van der Waals surface area contributed by atoms with Crippen molar-refractivity contribution < 1.29 is 27.8 Å². The lowest BCUT2D eigenvalue weighted by atomic mass is 9.89. The van der Waals surface area contributed by atoms with Gasteiger partial charge >= 0.3 is 12.1 Å². The third kappa shape index (κ3) is 4.10. The number of carbonyl (C=O) groups is 1. The van der Waals surface area contributed by atoms with Gasteiger partial charge in [0, 0.05) is 6.42 Å². The molecule has 1 N–H and O–H groups in total. The number of aliphatic hydroxyl groups is 1. The molecular weight excluding hydrogens is 297 g/mol. The molecular formula is C16H19F3O3. The lowest BCUT2D eigenvalue weighted by molar-refractivity contribution is -0.260. The van der Waals surface area contributed by atoms with Crippen LogP contribution in [-0.2, 0) is 9.53 Å². The second-order valence-electron chi connectivity index (χ2n) is 4.76. The molecule has 0 amide bonds. The zero-order valence-corrected chi connectivity index (χ0v) is 12.5. The Morgan fingerprint density at radius 3 is 2.27 bits per heavy atom. The minimum Gasteiger partial charge on any atom is -0.464 e. The van der Waals surface area contributed by atoms with Gasteiger partial charge in [-0.15, -0.1) is 0 Å². The molecule has 1 aromatic rings. The van der Waals surface area contributed by atoms with E-state index in [1.54, 1.807) is 43.3 Å². The number of allylic oxidation sites excluding steroid dienone is 1. The zero-order valence-electron chi connectivity index (χ0n) is 12.5. The van der Waals surface area contributed by atoms with Gasteiger partial charge in [0.25, 0.3) is 5.60 Å². The average molecular weight is 316 g/mol. The van der Waals surface area contributed by atoms with Crippen LogP contribution in [0.5, 0.6) is 0 Å². The van der Waals surface area contributed by atoms with Gasteiger partial charge in [-0.2, -0.15) is 13.2 Å². The Balaban J connectivity index is 3.21. The number of hydrogen-bond donors (Lipinski definition) is 1. The highest BCUT2D eigenvalue weighted by Crippen LogP contribution is 2.39. The van der Waals surface area contributed by atoms with E-state index >= 15 is 0 Å². The van der Waals surface area contributed by atoms with Crippen LogP contribution >= 0.6 is 0 Å². The molecule has 0 saturated carbocycles. The molecule has 0 bridgehead atoms. The van der Waals surface area contributed by atoms with Crippen molar-refractivity contribution in [3.63, 3.8) is 0 Å². The molecule has 1 rings (SSSR count). The van der Waals surface area contributed by atoms with Crippen molar-refractivity contribution in [3.05, 3.63) is 42.0 Å². The van der Waals surface area contributed by atoms with Gasteiger partial charge in [-0.25, -0.2) is 4.79 Å². The molecule has 22 heavy (non-hydrogen) atoms. The standard InChI is InChI=1S/C16H19F3O3/c1-3-8-13(12-9-6-5-7-10-12)11-15(21,16(17,18)19)14(20)22-4-2/h5-10,21H,3-4,11H2,1-2H3/b13-8-. The largest absolute Gasteiger partial charge is 0.464 e. The third-order valence-electron chi connectivity index (χ3n) is 3.12. The minimum absolute atomic E-state index is 0.241. The van der Waals surface area contributed by atoms with Crippen molar-refractivity contribution in [2.24, 2.45) is 0 Å². The van der Waals surface area contributed by atoms with E-state index in [1.807, 2.05) is 0 Å². The zero-order chi connectivity index (χ0) is 16.8. The summed E-state index contributed by atoms with van der Waals surface area (Å²) in [5.74, 6) is -1.68. The van der Waals surface area contributed by atoms with Crippen LogP contribution in [0.1, 0.15) is 32.3 Å². The van der Waals surface area contributed by atoms with Crippen LogP contribution in [0.4, 0.5) is 13.2 Å². The number of benzene rings is 1. The maximum atomic E-state index is 13.2. The molecule has 0 saturated heterocycles. The first-order valence-electron chi connectivity index (χ1n) is 6.97. The van der Waals surface area contributed by atoms with E-state index in [2.05, 4.69) is 4.74 Å². The molecule has 6 heteroatoms. The number of esters is 1. The van der Waals surface area contributed by atoms with Gasteiger partial charge in [-0.3, -0.25) is 0 Å². The fourth-order valence-corrected chi connectivity index (χ4v) is 2.00. The summed E-state index contributed by atoms with van der Waals surface area (Å²) in [4.78, 5) is 11.7. The number of ether oxygens (including phenoxy) is 1. The van der Waals surface area contributed by atoms with E-state index in [0.717, 1.165) is 0 Å². The topological polar surface area (TPSA) is 46.5 Å². The normalized spacial score (nSPS) is 15.3. The summed E-state index contributed by atoms with van der Waals surface area (Å²) in [5.41, 5.74) is -2.79. The summed E-state index contributed by atoms with van der Waals surface area (Å²) in [6, 6.07) is 8.34.